The maximum atomic E-state index is 9.92. The van der Waals surface area contributed by atoms with Crippen LogP contribution in [0.5, 0.6) is 11.5 Å². The maximum absolute atomic E-state index is 9.92. The van der Waals surface area contributed by atoms with E-state index >= 15 is 0 Å². The molecule has 3 aromatic carbocycles. The van der Waals surface area contributed by atoms with Crippen LogP contribution in [0.3, 0.4) is 0 Å². The van der Waals surface area contributed by atoms with Crippen LogP contribution in [0.1, 0.15) is 0 Å². The van der Waals surface area contributed by atoms with Gasteiger partial charge in [-0.2, -0.15) is 0 Å². The Morgan fingerprint density at radius 3 is 2.42 bits per heavy atom. The molecule has 0 bridgehead atoms. The van der Waals surface area contributed by atoms with Gasteiger partial charge in [0.2, 0.25) is 0 Å². The van der Waals surface area contributed by atoms with Crippen molar-refractivity contribution in [1.82, 2.24) is 0 Å². The van der Waals surface area contributed by atoms with E-state index in [1.54, 1.807) is 13.2 Å². The Morgan fingerprint density at radius 1 is 0.842 bits per heavy atom. The van der Waals surface area contributed by atoms with Gasteiger partial charge in [-0.05, 0) is 34.7 Å². The highest BCUT2D eigenvalue weighted by atomic mass is 16.5. The molecule has 0 heterocycles. The molecule has 3 rings (SSSR count). The van der Waals surface area contributed by atoms with Crippen molar-refractivity contribution in [1.29, 1.82) is 0 Å². The molecule has 19 heavy (non-hydrogen) atoms. The van der Waals surface area contributed by atoms with Crippen molar-refractivity contribution in [2.24, 2.45) is 0 Å². The standard InChI is InChI=1S/C17H14O2/c1-19-13-6-4-5-12(11-13)14-9-10-17(18)16-8-3-2-7-15(14)16/h2-11,18H,1H3. The van der Waals surface area contributed by atoms with Crippen molar-refractivity contribution in [3.8, 4) is 22.6 Å². The van der Waals surface area contributed by atoms with Crippen LogP contribution < -0.4 is 4.74 Å². The Hall–Kier alpha value is -2.48. The summed E-state index contributed by atoms with van der Waals surface area (Å²) in [5.41, 5.74) is 2.17. The molecule has 0 radical (unpaired) electrons. The molecule has 0 aliphatic rings. The number of fused-ring (bicyclic) bond motifs is 1. The summed E-state index contributed by atoms with van der Waals surface area (Å²) in [5, 5.41) is 11.8. The third kappa shape index (κ3) is 2.02. The smallest absolute Gasteiger partial charge is 0.123 e. The number of ether oxygens (including phenoxy) is 1. The lowest BCUT2D eigenvalue weighted by Crippen LogP contribution is -1.85. The summed E-state index contributed by atoms with van der Waals surface area (Å²) >= 11 is 0. The van der Waals surface area contributed by atoms with Crippen molar-refractivity contribution in [3.63, 3.8) is 0 Å². The minimum absolute atomic E-state index is 0.308. The van der Waals surface area contributed by atoms with E-state index in [4.69, 9.17) is 4.74 Å². The first kappa shape index (κ1) is 11.6. The van der Waals surface area contributed by atoms with Gasteiger partial charge in [0.15, 0.2) is 0 Å². The zero-order valence-electron chi connectivity index (χ0n) is 10.6. The topological polar surface area (TPSA) is 29.5 Å². The summed E-state index contributed by atoms with van der Waals surface area (Å²) in [4.78, 5) is 0. The molecule has 0 saturated carbocycles. The first-order valence-corrected chi connectivity index (χ1v) is 6.15. The van der Waals surface area contributed by atoms with Crippen molar-refractivity contribution in [2.75, 3.05) is 7.11 Å². The highest BCUT2D eigenvalue weighted by molar-refractivity contribution is 6.00. The molecule has 0 aliphatic carbocycles. The summed E-state index contributed by atoms with van der Waals surface area (Å²) < 4.78 is 5.26. The molecule has 0 aliphatic heterocycles. The van der Waals surface area contributed by atoms with E-state index in [-0.39, 0.29) is 0 Å². The van der Waals surface area contributed by atoms with Gasteiger partial charge in [-0.1, -0.05) is 42.5 Å². The molecular weight excluding hydrogens is 236 g/mol. The lowest BCUT2D eigenvalue weighted by atomic mass is 9.97. The van der Waals surface area contributed by atoms with Gasteiger partial charge >= 0.3 is 0 Å². The van der Waals surface area contributed by atoms with E-state index in [2.05, 4.69) is 0 Å². The Balaban J connectivity index is 2.28. The lowest BCUT2D eigenvalue weighted by molar-refractivity contribution is 0.415. The number of methoxy groups -OCH3 is 1. The van der Waals surface area contributed by atoms with E-state index in [1.165, 1.54) is 0 Å². The monoisotopic (exact) mass is 250 g/mol. The molecule has 0 spiro atoms. The Morgan fingerprint density at radius 2 is 1.63 bits per heavy atom. The number of hydrogen-bond acceptors (Lipinski definition) is 2. The van der Waals surface area contributed by atoms with Crippen molar-refractivity contribution in [2.45, 2.75) is 0 Å². The number of aromatic hydroxyl groups is 1. The number of rotatable bonds is 2. The van der Waals surface area contributed by atoms with E-state index in [9.17, 15) is 5.11 Å². The van der Waals surface area contributed by atoms with Crippen LogP contribution in [0.15, 0.2) is 60.7 Å². The van der Waals surface area contributed by atoms with Gasteiger partial charge in [0.05, 0.1) is 7.11 Å². The Labute approximate surface area is 111 Å². The van der Waals surface area contributed by atoms with Crippen LogP contribution in [-0.4, -0.2) is 12.2 Å². The number of hydrogen-bond donors (Lipinski definition) is 1. The van der Waals surface area contributed by atoms with Crippen molar-refractivity contribution >= 4 is 10.8 Å². The minimum atomic E-state index is 0.308. The molecule has 0 saturated heterocycles. The van der Waals surface area contributed by atoms with Gasteiger partial charge in [-0.3, -0.25) is 0 Å². The quantitative estimate of drug-likeness (QED) is 0.737. The first-order valence-electron chi connectivity index (χ1n) is 6.15. The van der Waals surface area contributed by atoms with Gasteiger partial charge < -0.3 is 9.84 Å². The highest BCUT2D eigenvalue weighted by Crippen LogP contribution is 2.34. The molecule has 3 aromatic rings. The average Bonchev–Trinajstić information content (AvgIpc) is 2.48. The molecular formula is C17H14O2. The number of phenolic OH excluding ortho intramolecular Hbond substituents is 1. The third-order valence-electron chi connectivity index (χ3n) is 3.28. The largest absolute Gasteiger partial charge is 0.507 e. The average molecular weight is 250 g/mol. The fourth-order valence-electron chi connectivity index (χ4n) is 2.33. The normalized spacial score (nSPS) is 10.6. The third-order valence-corrected chi connectivity index (χ3v) is 3.28. The summed E-state index contributed by atoms with van der Waals surface area (Å²) in [5.74, 6) is 1.14. The van der Waals surface area contributed by atoms with Crippen molar-refractivity contribution < 1.29 is 9.84 Å². The molecule has 1 N–H and O–H groups in total. The molecule has 0 aromatic heterocycles. The predicted molar refractivity (Wildman–Crippen MR) is 77.6 cm³/mol. The van der Waals surface area contributed by atoms with Gasteiger partial charge in [-0.15, -0.1) is 0 Å². The van der Waals surface area contributed by atoms with Crippen molar-refractivity contribution in [3.05, 3.63) is 60.7 Å². The fourth-order valence-corrected chi connectivity index (χ4v) is 2.33. The predicted octanol–water partition coefficient (Wildman–Crippen LogP) is 4.22. The second-order valence-corrected chi connectivity index (χ2v) is 4.41. The summed E-state index contributed by atoms with van der Waals surface area (Å²) in [6, 6.07) is 19.5. The second kappa shape index (κ2) is 4.65. The Kier molecular flexibility index (Phi) is 2.84. The zero-order valence-corrected chi connectivity index (χ0v) is 10.6. The minimum Gasteiger partial charge on any atom is -0.507 e. The summed E-state index contributed by atoms with van der Waals surface area (Å²) in [6.07, 6.45) is 0. The maximum Gasteiger partial charge on any atom is 0.123 e. The van der Waals surface area contributed by atoms with Gasteiger partial charge in [0, 0.05) is 5.39 Å². The van der Waals surface area contributed by atoms with Gasteiger partial charge in [0.1, 0.15) is 11.5 Å². The lowest BCUT2D eigenvalue weighted by Gasteiger charge is -2.09. The SMILES string of the molecule is COc1cccc(-c2ccc(O)c3ccccc23)c1. The molecule has 0 unspecified atom stereocenters. The van der Waals surface area contributed by atoms with Crippen LogP contribution in [0.25, 0.3) is 21.9 Å². The van der Waals surface area contributed by atoms with Crippen LogP contribution >= 0.6 is 0 Å². The van der Waals surface area contributed by atoms with Gasteiger partial charge in [-0.25, -0.2) is 0 Å². The van der Waals surface area contributed by atoms with Crippen LogP contribution in [-0.2, 0) is 0 Å². The van der Waals surface area contributed by atoms with Crippen LogP contribution in [0, 0.1) is 0 Å². The zero-order chi connectivity index (χ0) is 13.2. The number of benzene rings is 3. The molecule has 0 amide bonds. The fraction of sp³-hybridized carbons (Fsp3) is 0.0588. The summed E-state index contributed by atoms with van der Waals surface area (Å²) in [7, 11) is 1.66. The molecule has 94 valence electrons. The van der Waals surface area contributed by atoms with E-state index in [0.29, 0.717) is 5.75 Å². The van der Waals surface area contributed by atoms with E-state index in [0.717, 1.165) is 27.6 Å². The molecule has 0 atom stereocenters. The molecule has 2 heteroatoms. The van der Waals surface area contributed by atoms with Crippen LogP contribution in [0.4, 0.5) is 0 Å². The second-order valence-electron chi connectivity index (χ2n) is 4.41. The van der Waals surface area contributed by atoms with Gasteiger partial charge in [0.25, 0.3) is 0 Å². The van der Waals surface area contributed by atoms with E-state index < -0.39 is 0 Å². The first-order chi connectivity index (χ1) is 9.29. The number of phenols is 1. The summed E-state index contributed by atoms with van der Waals surface area (Å²) in [6.45, 7) is 0. The van der Waals surface area contributed by atoms with E-state index in [1.807, 2.05) is 54.6 Å². The molecule has 0 fully saturated rings. The highest BCUT2D eigenvalue weighted by Gasteiger charge is 2.07. The van der Waals surface area contributed by atoms with Crippen LogP contribution in [0.2, 0.25) is 0 Å². The molecule has 2 nitrogen and oxygen atoms in total. The Bertz CT molecular complexity index is 732.